The van der Waals surface area contributed by atoms with Crippen molar-refractivity contribution in [1.82, 2.24) is 9.55 Å². The number of thiazole rings is 1. The van der Waals surface area contributed by atoms with Crippen molar-refractivity contribution in [3.05, 3.63) is 40.6 Å². The zero-order chi connectivity index (χ0) is 11.4. The number of aromatic nitrogens is 2. The van der Waals surface area contributed by atoms with E-state index in [4.69, 9.17) is 5.73 Å². The second-order valence-corrected chi connectivity index (χ2v) is 4.94. The van der Waals surface area contributed by atoms with E-state index in [2.05, 4.69) is 34.8 Å². The van der Waals surface area contributed by atoms with Gasteiger partial charge < -0.3 is 10.3 Å². The van der Waals surface area contributed by atoms with Gasteiger partial charge in [-0.15, -0.1) is 11.3 Å². The maximum atomic E-state index is 5.98. The molecule has 4 heteroatoms. The maximum Gasteiger partial charge on any atom is 0.0794 e. The molecule has 2 N–H and O–H groups in total. The first-order valence-corrected chi connectivity index (χ1v) is 6.44. The lowest BCUT2D eigenvalue weighted by molar-refractivity contribution is 0.611. The van der Waals surface area contributed by atoms with Gasteiger partial charge in [-0.25, -0.2) is 0 Å². The molecule has 0 aliphatic rings. The smallest absolute Gasteiger partial charge is 0.0794 e. The predicted molar refractivity (Wildman–Crippen MR) is 67.6 cm³/mol. The van der Waals surface area contributed by atoms with Crippen LogP contribution in [-0.2, 0) is 13.0 Å². The molecule has 0 aromatic carbocycles. The minimum atomic E-state index is 0.259. The third-order valence-electron chi connectivity index (χ3n) is 2.73. The van der Waals surface area contributed by atoms with Gasteiger partial charge in [0.1, 0.15) is 0 Å². The number of nitrogens with zero attached hydrogens (tertiary/aromatic N) is 2. The Morgan fingerprint density at radius 1 is 1.56 bits per heavy atom. The molecule has 3 nitrogen and oxygen atoms in total. The second-order valence-electron chi connectivity index (χ2n) is 3.97. The van der Waals surface area contributed by atoms with Crippen molar-refractivity contribution < 1.29 is 0 Å². The third-order valence-corrected chi connectivity index (χ3v) is 3.49. The van der Waals surface area contributed by atoms with Gasteiger partial charge in [0, 0.05) is 35.4 Å². The van der Waals surface area contributed by atoms with E-state index in [1.165, 1.54) is 10.6 Å². The van der Waals surface area contributed by atoms with Gasteiger partial charge in [-0.3, -0.25) is 4.98 Å². The van der Waals surface area contributed by atoms with Crippen LogP contribution in [0.15, 0.2) is 30.0 Å². The molecule has 0 amide bonds. The van der Waals surface area contributed by atoms with Gasteiger partial charge in [-0.05, 0) is 18.6 Å². The topological polar surface area (TPSA) is 43.8 Å². The van der Waals surface area contributed by atoms with E-state index in [-0.39, 0.29) is 6.04 Å². The molecule has 2 rings (SSSR count). The Hall–Kier alpha value is -1.13. The van der Waals surface area contributed by atoms with Crippen molar-refractivity contribution in [1.29, 1.82) is 0 Å². The van der Waals surface area contributed by atoms with E-state index in [9.17, 15) is 0 Å². The highest BCUT2D eigenvalue weighted by molar-refractivity contribution is 7.09. The largest absolute Gasteiger partial charge is 0.346 e. The molecule has 1 unspecified atom stereocenters. The molecule has 0 saturated heterocycles. The summed E-state index contributed by atoms with van der Waals surface area (Å²) in [5.41, 5.74) is 9.16. The van der Waals surface area contributed by atoms with Crippen LogP contribution in [0.1, 0.15) is 23.9 Å². The van der Waals surface area contributed by atoms with Crippen molar-refractivity contribution in [3.63, 3.8) is 0 Å². The van der Waals surface area contributed by atoms with Crippen molar-refractivity contribution >= 4 is 11.3 Å². The Bertz CT molecular complexity index is 419. The molecule has 0 spiro atoms. The van der Waals surface area contributed by atoms with Crippen LogP contribution >= 0.6 is 11.3 Å². The molecular formula is C12H17N3S. The fourth-order valence-corrected chi connectivity index (χ4v) is 2.28. The van der Waals surface area contributed by atoms with E-state index >= 15 is 0 Å². The highest BCUT2D eigenvalue weighted by Gasteiger charge is 2.06. The van der Waals surface area contributed by atoms with Crippen molar-refractivity contribution in [2.24, 2.45) is 5.73 Å². The van der Waals surface area contributed by atoms with E-state index < -0.39 is 0 Å². The number of hydrogen-bond donors (Lipinski definition) is 1. The fourth-order valence-electron chi connectivity index (χ4n) is 1.69. The predicted octanol–water partition coefficient (Wildman–Crippen LogP) is 2.27. The first-order valence-electron chi connectivity index (χ1n) is 5.56. The van der Waals surface area contributed by atoms with Crippen LogP contribution in [0.25, 0.3) is 0 Å². The summed E-state index contributed by atoms with van der Waals surface area (Å²) in [4.78, 5) is 5.37. The summed E-state index contributed by atoms with van der Waals surface area (Å²) in [6.07, 6.45) is 6.00. The van der Waals surface area contributed by atoms with Crippen molar-refractivity contribution in [3.8, 4) is 0 Å². The SMILES string of the molecule is CCC(N)Cc1cccn1Cc1cncs1. The molecule has 2 aromatic heterocycles. The normalized spacial score (nSPS) is 12.9. The molecule has 1 atom stereocenters. The summed E-state index contributed by atoms with van der Waals surface area (Å²) < 4.78 is 2.25. The molecule has 0 fully saturated rings. The molecule has 2 aromatic rings. The van der Waals surface area contributed by atoms with Crippen LogP contribution in [0.4, 0.5) is 0 Å². The van der Waals surface area contributed by atoms with Crippen LogP contribution in [-0.4, -0.2) is 15.6 Å². The standard InChI is InChI=1S/C12H17N3S/c1-2-10(13)6-11-4-3-5-15(11)8-12-7-14-9-16-12/h3-5,7,9-10H,2,6,8,13H2,1H3. The first kappa shape index (κ1) is 11.4. The Balaban J connectivity index is 2.07. The highest BCUT2D eigenvalue weighted by Crippen LogP contribution is 2.12. The average Bonchev–Trinajstić information content (AvgIpc) is 2.92. The lowest BCUT2D eigenvalue weighted by Crippen LogP contribution is -2.23. The molecule has 86 valence electrons. The lowest BCUT2D eigenvalue weighted by atomic mass is 10.1. The van der Waals surface area contributed by atoms with Crippen LogP contribution in [0, 0.1) is 0 Å². The second kappa shape index (κ2) is 5.27. The van der Waals surface area contributed by atoms with Gasteiger partial charge in [0.15, 0.2) is 0 Å². The number of hydrogen-bond acceptors (Lipinski definition) is 3. The van der Waals surface area contributed by atoms with Gasteiger partial charge in [0.25, 0.3) is 0 Å². The van der Waals surface area contributed by atoms with E-state index in [1.807, 2.05) is 11.7 Å². The molecule has 0 saturated carbocycles. The summed E-state index contributed by atoms with van der Waals surface area (Å²) >= 11 is 1.69. The molecule has 2 heterocycles. The summed E-state index contributed by atoms with van der Waals surface area (Å²) in [6, 6.07) is 4.49. The Kier molecular flexibility index (Phi) is 3.74. The summed E-state index contributed by atoms with van der Waals surface area (Å²) in [7, 11) is 0. The molecule has 0 bridgehead atoms. The lowest BCUT2D eigenvalue weighted by Gasteiger charge is -2.11. The highest BCUT2D eigenvalue weighted by atomic mass is 32.1. The maximum absolute atomic E-state index is 5.98. The van der Waals surface area contributed by atoms with Crippen LogP contribution in [0.3, 0.4) is 0 Å². The molecular weight excluding hydrogens is 218 g/mol. The van der Waals surface area contributed by atoms with Crippen LogP contribution in [0.2, 0.25) is 0 Å². The van der Waals surface area contributed by atoms with Crippen LogP contribution in [0.5, 0.6) is 0 Å². The number of rotatable bonds is 5. The minimum absolute atomic E-state index is 0.259. The molecule has 0 radical (unpaired) electrons. The molecule has 0 aliphatic carbocycles. The summed E-state index contributed by atoms with van der Waals surface area (Å²) in [5.74, 6) is 0. The Morgan fingerprint density at radius 2 is 2.44 bits per heavy atom. The average molecular weight is 235 g/mol. The summed E-state index contributed by atoms with van der Waals surface area (Å²) in [6.45, 7) is 3.03. The van der Waals surface area contributed by atoms with Gasteiger partial charge >= 0.3 is 0 Å². The van der Waals surface area contributed by atoms with Crippen molar-refractivity contribution in [2.75, 3.05) is 0 Å². The van der Waals surface area contributed by atoms with Gasteiger partial charge in [0.05, 0.1) is 12.1 Å². The molecule has 0 aliphatic heterocycles. The third kappa shape index (κ3) is 2.71. The van der Waals surface area contributed by atoms with E-state index in [1.54, 1.807) is 11.3 Å². The number of nitrogens with two attached hydrogens (primary N) is 1. The fraction of sp³-hybridized carbons (Fsp3) is 0.417. The zero-order valence-electron chi connectivity index (χ0n) is 9.47. The van der Waals surface area contributed by atoms with E-state index in [0.29, 0.717) is 0 Å². The Labute approximate surface area is 99.9 Å². The Morgan fingerprint density at radius 3 is 3.12 bits per heavy atom. The zero-order valence-corrected chi connectivity index (χ0v) is 10.3. The summed E-state index contributed by atoms with van der Waals surface area (Å²) in [5, 5.41) is 0. The first-order chi connectivity index (χ1) is 7.79. The van der Waals surface area contributed by atoms with Crippen LogP contribution < -0.4 is 5.73 Å². The van der Waals surface area contributed by atoms with E-state index in [0.717, 1.165) is 19.4 Å². The molecule has 16 heavy (non-hydrogen) atoms. The van der Waals surface area contributed by atoms with Gasteiger partial charge in [0.2, 0.25) is 0 Å². The minimum Gasteiger partial charge on any atom is -0.346 e. The monoisotopic (exact) mass is 235 g/mol. The quantitative estimate of drug-likeness (QED) is 0.864. The van der Waals surface area contributed by atoms with Gasteiger partial charge in [-0.1, -0.05) is 6.92 Å². The van der Waals surface area contributed by atoms with Gasteiger partial charge in [-0.2, -0.15) is 0 Å². The van der Waals surface area contributed by atoms with Crippen molar-refractivity contribution in [2.45, 2.75) is 32.4 Å².